The number of carbonyl (C=O) groups is 1. The van der Waals surface area contributed by atoms with Gasteiger partial charge in [0.05, 0.1) is 16.8 Å². The maximum absolute atomic E-state index is 16.1. The molecule has 3 aromatic heterocycles. The fourth-order valence-electron chi connectivity index (χ4n) is 5.82. The number of aromatic nitrogens is 4. The first-order valence-electron chi connectivity index (χ1n) is 14.0. The third-order valence-corrected chi connectivity index (χ3v) is 10.2. The molecule has 2 bridgehead atoms. The SMILES string of the molecule is C=CC(=O)N1C[C@H](C)N(c2nc(=O)n3c4nc(c(F)cc24)-c2c(F)cccc2CSSc2ccnc(C(C)C)c2-3)C[C@H]1C. The van der Waals surface area contributed by atoms with E-state index in [0.717, 1.165) is 4.90 Å². The zero-order valence-electron chi connectivity index (χ0n) is 24.2. The highest BCUT2D eigenvalue weighted by Gasteiger charge is 2.34. The standard InChI is InChI=1S/C31H30F2N6O2S2/c1-6-24(40)37-13-18(5)38(14-17(37)4)29-20-12-22(33)27-25-19(8-7-9-21(25)32)15-42-43-23-10-11-34-26(16(2)3)28(23)39(30(20)35-27)31(41)36-29/h6-12,16-18H,1,13-15H2,2-5H3/t17-,18+/m1/s1. The van der Waals surface area contributed by atoms with Crippen LogP contribution in [0.15, 0.2) is 58.9 Å². The van der Waals surface area contributed by atoms with Crippen molar-refractivity contribution in [2.75, 3.05) is 18.0 Å². The van der Waals surface area contributed by atoms with Crippen molar-refractivity contribution in [3.63, 3.8) is 0 Å². The molecule has 1 amide bonds. The molecule has 12 heteroatoms. The van der Waals surface area contributed by atoms with Crippen molar-refractivity contribution < 1.29 is 13.6 Å². The highest BCUT2D eigenvalue weighted by atomic mass is 33.1. The second kappa shape index (κ2) is 11.4. The van der Waals surface area contributed by atoms with E-state index in [2.05, 4.69) is 16.5 Å². The maximum atomic E-state index is 16.1. The molecule has 8 nitrogen and oxygen atoms in total. The van der Waals surface area contributed by atoms with E-state index < -0.39 is 17.3 Å². The van der Waals surface area contributed by atoms with Crippen molar-refractivity contribution in [2.24, 2.45) is 0 Å². The molecule has 0 unspecified atom stereocenters. The summed E-state index contributed by atoms with van der Waals surface area (Å²) in [5.41, 5.74) is 1.25. The van der Waals surface area contributed by atoms with Crippen molar-refractivity contribution in [1.82, 2.24) is 24.4 Å². The van der Waals surface area contributed by atoms with Gasteiger partial charge in [0.1, 0.15) is 23.1 Å². The summed E-state index contributed by atoms with van der Waals surface area (Å²) in [6, 6.07) is 7.31. The minimum absolute atomic E-state index is 0.0572. The van der Waals surface area contributed by atoms with Gasteiger partial charge in [-0.25, -0.2) is 23.1 Å². The van der Waals surface area contributed by atoms with Crippen LogP contribution in [-0.4, -0.2) is 55.5 Å². The summed E-state index contributed by atoms with van der Waals surface area (Å²) in [4.78, 5) is 44.9. The van der Waals surface area contributed by atoms with Crippen LogP contribution in [-0.2, 0) is 10.5 Å². The maximum Gasteiger partial charge on any atom is 0.355 e. The van der Waals surface area contributed by atoms with E-state index >= 15 is 8.78 Å². The van der Waals surface area contributed by atoms with E-state index in [0.29, 0.717) is 41.2 Å². The molecule has 0 aliphatic carbocycles. The quantitative estimate of drug-likeness (QED) is 0.201. The molecular formula is C31H30F2N6O2S2. The van der Waals surface area contributed by atoms with Gasteiger partial charge >= 0.3 is 5.69 Å². The Balaban J connectivity index is 1.69. The largest absolute Gasteiger partial charge is 0.355 e. The number of rotatable bonds is 3. The molecular weight excluding hydrogens is 591 g/mol. The lowest BCUT2D eigenvalue weighted by Gasteiger charge is -2.44. The Hall–Kier alpha value is -3.77. The van der Waals surface area contributed by atoms with E-state index in [1.165, 1.54) is 44.4 Å². The number of benzene rings is 1. The number of halogens is 2. The van der Waals surface area contributed by atoms with Crippen LogP contribution in [0.2, 0.25) is 0 Å². The summed E-state index contributed by atoms with van der Waals surface area (Å²) in [5, 5.41) is 0.308. The lowest BCUT2D eigenvalue weighted by Crippen LogP contribution is -2.58. The average Bonchev–Trinajstić information content (AvgIpc) is 3.00. The molecule has 1 saturated heterocycles. The van der Waals surface area contributed by atoms with Gasteiger partial charge in [0.25, 0.3) is 0 Å². The second-order valence-corrected chi connectivity index (χ2v) is 13.4. The first kappa shape index (κ1) is 29.3. The summed E-state index contributed by atoms with van der Waals surface area (Å²) in [5.74, 6) is -0.909. The molecule has 0 spiro atoms. The number of piperazine rings is 1. The number of hydrogen-bond acceptors (Lipinski definition) is 8. The Labute approximate surface area is 255 Å². The molecule has 1 fully saturated rings. The van der Waals surface area contributed by atoms with Crippen molar-refractivity contribution in [3.05, 3.63) is 82.6 Å². The summed E-state index contributed by atoms with van der Waals surface area (Å²) >= 11 is 0. The van der Waals surface area contributed by atoms with Crippen molar-refractivity contribution in [2.45, 2.75) is 56.3 Å². The van der Waals surface area contributed by atoms with Gasteiger partial charge in [-0.1, -0.05) is 54.1 Å². The van der Waals surface area contributed by atoms with Gasteiger partial charge in [-0.2, -0.15) is 4.98 Å². The van der Waals surface area contributed by atoms with E-state index in [1.807, 2.05) is 38.7 Å². The molecule has 2 aliphatic heterocycles. The normalized spacial score (nSPS) is 18.4. The molecule has 5 heterocycles. The van der Waals surface area contributed by atoms with Crippen molar-refractivity contribution in [1.29, 1.82) is 0 Å². The predicted octanol–water partition coefficient (Wildman–Crippen LogP) is 6.11. The lowest BCUT2D eigenvalue weighted by atomic mass is 10.0. The number of hydrogen-bond donors (Lipinski definition) is 0. The van der Waals surface area contributed by atoms with Crippen LogP contribution in [0.25, 0.3) is 28.0 Å². The third kappa shape index (κ3) is 5.00. The molecule has 222 valence electrons. The van der Waals surface area contributed by atoms with Crippen LogP contribution >= 0.6 is 21.6 Å². The Morgan fingerprint density at radius 1 is 1.12 bits per heavy atom. The summed E-state index contributed by atoms with van der Waals surface area (Å²) in [6.07, 6.45) is 2.99. The van der Waals surface area contributed by atoms with Gasteiger partial charge in [0.2, 0.25) is 5.91 Å². The summed E-state index contributed by atoms with van der Waals surface area (Å²) < 4.78 is 32.9. The third-order valence-electron chi connectivity index (χ3n) is 7.90. The number of pyridine rings is 2. The van der Waals surface area contributed by atoms with Crippen LogP contribution < -0.4 is 10.6 Å². The van der Waals surface area contributed by atoms with Gasteiger partial charge in [0.15, 0.2) is 5.65 Å². The summed E-state index contributed by atoms with van der Waals surface area (Å²) in [7, 11) is 2.90. The van der Waals surface area contributed by atoms with Crippen LogP contribution in [0.4, 0.5) is 14.6 Å². The van der Waals surface area contributed by atoms with Gasteiger partial charge < -0.3 is 9.80 Å². The lowest BCUT2D eigenvalue weighted by molar-refractivity contribution is -0.128. The second-order valence-electron chi connectivity index (χ2n) is 11.1. The molecule has 2 atom stereocenters. The average molecular weight is 621 g/mol. The van der Waals surface area contributed by atoms with Gasteiger partial charge in [-0.15, -0.1) is 0 Å². The Kier molecular flexibility index (Phi) is 7.76. The smallest absolute Gasteiger partial charge is 0.349 e. The Bertz CT molecular complexity index is 1850. The topological polar surface area (TPSA) is 84.2 Å². The van der Waals surface area contributed by atoms with Gasteiger partial charge in [-0.05, 0) is 49.6 Å². The molecule has 0 saturated carbocycles. The van der Waals surface area contributed by atoms with E-state index in [9.17, 15) is 9.59 Å². The van der Waals surface area contributed by atoms with Crippen LogP contribution in [0.1, 0.15) is 44.9 Å². The molecule has 43 heavy (non-hydrogen) atoms. The number of amides is 1. The van der Waals surface area contributed by atoms with Crippen molar-refractivity contribution in [3.8, 4) is 16.9 Å². The first-order chi connectivity index (χ1) is 20.6. The summed E-state index contributed by atoms with van der Waals surface area (Å²) in [6.45, 7) is 12.1. The zero-order chi connectivity index (χ0) is 30.6. The highest BCUT2D eigenvalue weighted by molar-refractivity contribution is 8.76. The molecule has 2 aliphatic rings. The van der Waals surface area contributed by atoms with Crippen LogP contribution in [0.5, 0.6) is 0 Å². The Morgan fingerprint density at radius 3 is 2.65 bits per heavy atom. The number of anilines is 1. The fraction of sp³-hybridized carbons (Fsp3) is 0.323. The number of carbonyl (C=O) groups excluding carboxylic acids is 1. The molecule has 0 radical (unpaired) electrons. The van der Waals surface area contributed by atoms with E-state index in [4.69, 9.17) is 4.98 Å². The molecule has 0 N–H and O–H groups in total. The monoisotopic (exact) mass is 620 g/mol. The van der Waals surface area contributed by atoms with Crippen LogP contribution in [0.3, 0.4) is 0 Å². The van der Waals surface area contributed by atoms with E-state index in [1.54, 1.807) is 23.2 Å². The number of nitrogens with zero attached hydrogens (tertiary/aromatic N) is 6. The predicted molar refractivity (Wildman–Crippen MR) is 168 cm³/mol. The molecule has 6 rings (SSSR count). The minimum atomic E-state index is -0.722. The molecule has 4 aromatic rings. The van der Waals surface area contributed by atoms with Crippen molar-refractivity contribution >= 4 is 44.3 Å². The minimum Gasteiger partial charge on any atom is -0.349 e. The zero-order valence-corrected chi connectivity index (χ0v) is 25.8. The highest BCUT2D eigenvalue weighted by Crippen LogP contribution is 2.43. The molecule has 1 aromatic carbocycles. The Morgan fingerprint density at radius 2 is 1.91 bits per heavy atom. The van der Waals surface area contributed by atoms with Gasteiger partial charge in [0, 0.05) is 47.6 Å². The van der Waals surface area contributed by atoms with Gasteiger partial charge in [-0.3, -0.25) is 9.78 Å². The fourth-order valence-corrected chi connectivity index (χ4v) is 8.11. The first-order valence-corrected chi connectivity index (χ1v) is 16.3. The van der Waals surface area contributed by atoms with Crippen LogP contribution in [0, 0.1) is 11.6 Å². The number of fused-ring (bicyclic) bond motifs is 5. The van der Waals surface area contributed by atoms with E-state index in [-0.39, 0.29) is 46.6 Å².